The van der Waals surface area contributed by atoms with Gasteiger partial charge in [0.25, 0.3) is 0 Å². The van der Waals surface area contributed by atoms with Crippen molar-refractivity contribution in [1.82, 2.24) is 0 Å². The van der Waals surface area contributed by atoms with Gasteiger partial charge in [0.15, 0.2) is 5.78 Å². The maximum Gasteiger partial charge on any atom is 0.172 e. The van der Waals surface area contributed by atoms with Crippen molar-refractivity contribution in [2.75, 3.05) is 7.11 Å². The molecular formula is C13H13ClO2S. The molecule has 1 heterocycles. The third-order valence-corrected chi connectivity index (χ3v) is 3.98. The van der Waals surface area contributed by atoms with Gasteiger partial charge in [-0.05, 0) is 30.0 Å². The number of Topliss-reactive ketones (excluding diaryl/α,β-unsaturated/α-hetero) is 1. The molecule has 2 rings (SSSR count). The number of carbonyl (C=O) groups excluding carboxylic acids is 1. The molecule has 17 heavy (non-hydrogen) atoms. The molecule has 0 spiro atoms. The summed E-state index contributed by atoms with van der Waals surface area (Å²) in [6.07, 6.45) is 1.47. The first kappa shape index (κ1) is 12.4. The average Bonchev–Trinajstić information content (AvgIpc) is 2.71. The Morgan fingerprint density at radius 1 is 1.41 bits per heavy atom. The summed E-state index contributed by atoms with van der Waals surface area (Å²) in [5.41, 5.74) is 0. The lowest BCUT2D eigenvalue weighted by Crippen LogP contribution is -1.93. The molecular weight excluding hydrogens is 256 g/mol. The van der Waals surface area contributed by atoms with Crippen molar-refractivity contribution < 1.29 is 9.53 Å². The smallest absolute Gasteiger partial charge is 0.172 e. The van der Waals surface area contributed by atoms with Crippen LogP contribution in [0.5, 0.6) is 5.75 Å². The molecule has 1 aromatic carbocycles. The molecule has 0 fully saturated rings. The van der Waals surface area contributed by atoms with Crippen LogP contribution >= 0.6 is 22.9 Å². The first-order valence-corrected chi connectivity index (χ1v) is 6.65. The molecule has 4 heteroatoms. The molecule has 0 saturated carbocycles. The van der Waals surface area contributed by atoms with E-state index in [4.69, 9.17) is 16.3 Å². The van der Waals surface area contributed by atoms with Crippen molar-refractivity contribution in [2.24, 2.45) is 0 Å². The van der Waals surface area contributed by atoms with E-state index in [0.29, 0.717) is 17.2 Å². The normalized spacial score (nSPS) is 10.8. The second-order valence-electron chi connectivity index (χ2n) is 3.81. The summed E-state index contributed by atoms with van der Waals surface area (Å²) < 4.78 is 6.18. The number of benzene rings is 1. The fourth-order valence-corrected chi connectivity index (χ4v) is 3.04. The van der Waals surface area contributed by atoms with Crippen LogP contribution in [0.15, 0.2) is 18.2 Å². The van der Waals surface area contributed by atoms with Gasteiger partial charge >= 0.3 is 0 Å². The van der Waals surface area contributed by atoms with Crippen molar-refractivity contribution in [3.63, 3.8) is 0 Å². The molecule has 0 unspecified atom stereocenters. The summed E-state index contributed by atoms with van der Waals surface area (Å²) >= 11 is 7.54. The Kier molecular flexibility index (Phi) is 3.69. The molecule has 0 saturated heterocycles. The van der Waals surface area contributed by atoms with Crippen LogP contribution in [0, 0.1) is 0 Å². The van der Waals surface area contributed by atoms with E-state index in [2.05, 4.69) is 0 Å². The van der Waals surface area contributed by atoms with Crippen LogP contribution in [0.4, 0.5) is 0 Å². The highest BCUT2D eigenvalue weighted by molar-refractivity contribution is 7.20. The number of thiophene rings is 1. The summed E-state index contributed by atoms with van der Waals surface area (Å²) in [6.45, 7) is 2.01. The summed E-state index contributed by atoms with van der Waals surface area (Å²) in [5, 5.41) is 1.59. The minimum atomic E-state index is 0.198. The second kappa shape index (κ2) is 5.07. The molecule has 0 aliphatic carbocycles. The molecule has 0 radical (unpaired) electrons. The summed E-state index contributed by atoms with van der Waals surface area (Å²) in [4.78, 5) is 12.6. The zero-order valence-electron chi connectivity index (χ0n) is 9.75. The predicted molar refractivity (Wildman–Crippen MR) is 72.6 cm³/mol. The van der Waals surface area contributed by atoms with E-state index in [1.54, 1.807) is 7.11 Å². The van der Waals surface area contributed by atoms with Crippen molar-refractivity contribution >= 4 is 38.8 Å². The maximum atomic E-state index is 11.8. The van der Waals surface area contributed by atoms with Gasteiger partial charge in [0, 0.05) is 11.1 Å². The highest BCUT2D eigenvalue weighted by Gasteiger charge is 2.11. The lowest BCUT2D eigenvalue weighted by Gasteiger charge is -2.01. The molecule has 2 aromatic rings. The predicted octanol–water partition coefficient (Wildman–Crippen LogP) is 4.55. The van der Waals surface area contributed by atoms with E-state index in [0.717, 1.165) is 21.4 Å². The van der Waals surface area contributed by atoms with Gasteiger partial charge in [-0.15, -0.1) is 11.3 Å². The first-order chi connectivity index (χ1) is 8.15. The lowest BCUT2D eigenvalue weighted by atomic mass is 10.2. The van der Waals surface area contributed by atoms with Crippen molar-refractivity contribution in [2.45, 2.75) is 19.8 Å². The number of methoxy groups -OCH3 is 1. The van der Waals surface area contributed by atoms with E-state index in [-0.39, 0.29) is 5.78 Å². The quantitative estimate of drug-likeness (QED) is 0.761. The largest absolute Gasteiger partial charge is 0.495 e. The van der Waals surface area contributed by atoms with Gasteiger partial charge in [-0.2, -0.15) is 0 Å². The van der Waals surface area contributed by atoms with E-state index in [1.165, 1.54) is 11.3 Å². The van der Waals surface area contributed by atoms with Gasteiger partial charge in [-0.3, -0.25) is 4.79 Å². The molecule has 2 nitrogen and oxygen atoms in total. The van der Waals surface area contributed by atoms with Gasteiger partial charge < -0.3 is 4.74 Å². The van der Waals surface area contributed by atoms with Crippen molar-refractivity contribution in [3.8, 4) is 5.75 Å². The van der Waals surface area contributed by atoms with Crippen LogP contribution in [0.1, 0.15) is 29.4 Å². The van der Waals surface area contributed by atoms with Gasteiger partial charge in [-0.1, -0.05) is 18.5 Å². The third kappa shape index (κ3) is 2.45. The molecule has 90 valence electrons. The van der Waals surface area contributed by atoms with Crippen molar-refractivity contribution in [1.29, 1.82) is 0 Å². The van der Waals surface area contributed by atoms with E-state index in [1.807, 2.05) is 25.1 Å². The fraction of sp³-hybridized carbons (Fsp3) is 0.308. The Labute approximate surface area is 109 Å². The van der Waals surface area contributed by atoms with E-state index < -0.39 is 0 Å². The van der Waals surface area contributed by atoms with Crippen molar-refractivity contribution in [3.05, 3.63) is 28.1 Å². The number of fused-ring (bicyclic) bond motifs is 1. The molecule has 0 aliphatic rings. The standard InChI is InChI=1S/C13H13ClO2S/c1-3-4-10(15)13-6-8-5-11(16-2)9(14)7-12(8)17-13/h5-7H,3-4H2,1-2H3. The van der Waals surface area contributed by atoms with Gasteiger partial charge in [0.1, 0.15) is 5.75 Å². The number of ether oxygens (including phenoxy) is 1. The minimum Gasteiger partial charge on any atom is -0.495 e. The van der Waals surface area contributed by atoms with Crippen LogP contribution in [-0.2, 0) is 0 Å². The molecule has 0 atom stereocenters. The van der Waals surface area contributed by atoms with E-state index >= 15 is 0 Å². The number of hydrogen-bond donors (Lipinski definition) is 0. The Bertz CT molecular complexity index is 560. The van der Waals surface area contributed by atoms with Crippen LogP contribution < -0.4 is 4.74 Å². The number of hydrogen-bond acceptors (Lipinski definition) is 3. The number of halogens is 1. The van der Waals surface area contributed by atoms with Crippen LogP contribution in [0.3, 0.4) is 0 Å². The first-order valence-electron chi connectivity index (χ1n) is 5.46. The highest BCUT2D eigenvalue weighted by atomic mass is 35.5. The second-order valence-corrected chi connectivity index (χ2v) is 5.30. The SMILES string of the molecule is CCCC(=O)c1cc2cc(OC)c(Cl)cc2s1. The fourth-order valence-electron chi connectivity index (χ4n) is 1.69. The minimum absolute atomic E-state index is 0.198. The van der Waals surface area contributed by atoms with Crippen LogP contribution in [0.2, 0.25) is 5.02 Å². The summed E-state index contributed by atoms with van der Waals surface area (Å²) in [6, 6.07) is 5.64. The zero-order chi connectivity index (χ0) is 12.4. The van der Waals surface area contributed by atoms with Gasteiger partial charge in [0.2, 0.25) is 0 Å². The zero-order valence-corrected chi connectivity index (χ0v) is 11.3. The third-order valence-electron chi connectivity index (χ3n) is 2.54. The highest BCUT2D eigenvalue weighted by Crippen LogP contribution is 2.35. The Hall–Kier alpha value is -1.06. The molecule has 0 N–H and O–H groups in total. The summed E-state index contributed by atoms with van der Waals surface area (Å²) in [5.74, 6) is 0.843. The molecule has 0 amide bonds. The number of ketones is 1. The van der Waals surface area contributed by atoms with Gasteiger partial charge in [-0.25, -0.2) is 0 Å². The van der Waals surface area contributed by atoms with Crippen LogP contribution in [0.25, 0.3) is 10.1 Å². The van der Waals surface area contributed by atoms with Gasteiger partial charge in [0.05, 0.1) is 17.0 Å². The Morgan fingerprint density at radius 2 is 2.18 bits per heavy atom. The number of rotatable bonds is 4. The Balaban J connectivity index is 2.47. The monoisotopic (exact) mass is 268 g/mol. The maximum absolute atomic E-state index is 11.8. The topological polar surface area (TPSA) is 26.3 Å². The molecule has 0 aliphatic heterocycles. The molecule has 0 bridgehead atoms. The van der Waals surface area contributed by atoms with Crippen LogP contribution in [-0.4, -0.2) is 12.9 Å². The Morgan fingerprint density at radius 3 is 2.82 bits per heavy atom. The summed E-state index contributed by atoms with van der Waals surface area (Å²) in [7, 11) is 1.59. The molecule has 1 aromatic heterocycles. The number of carbonyl (C=O) groups is 1. The average molecular weight is 269 g/mol. The van der Waals surface area contributed by atoms with E-state index in [9.17, 15) is 4.79 Å². The lowest BCUT2D eigenvalue weighted by molar-refractivity contribution is 0.0985.